The topological polar surface area (TPSA) is 73.0 Å². The maximum absolute atomic E-state index is 12.3. The summed E-state index contributed by atoms with van der Waals surface area (Å²) in [5.41, 5.74) is 3.88. The monoisotopic (exact) mass is 349 g/mol. The van der Waals surface area contributed by atoms with Crippen molar-refractivity contribution in [1.29, 1.82) is 0 Å². The van der Waals surface area contributed by atoms with E-state index in [1.54, 1.807) is 0 Å². The largest absolute Gasteiger partial charge is 0.349 e. The summed E-state index contributed by atoms with van der Waals surface area (Å²) >= 11 is 0. The molecule has 1 aromatic carbocycles. The number of carbonyl (C=O) groups excluding carboxylic acids is 1. The number of benzene rings is 1. The maximum Gasteiger partial charge on any atom is 0.272 e. The molecule has 1 amide bonds. The van der Waals surface area contributed by atoms with Crippen LogP contribution in [0, 0.1) is 0 Å². The maximum atomic E-state index is 12.3. The van der Waals surface area contributed by atoms with Gasteiger partial charge in [0, 0.05) is 50.4 Å². The van der Waals surface area contributed by atoms with Crippen LogP contribution in [0.25, 0.3) is 0 Å². The Morgan fingerprint density at radius 1 is 1.33 bits per heavy atom. The van der Waals surface area contributed by atoms with Gasteiger partial charge in [-0.15, -0.1) is 12.4 Å². The predicted molar refractivity (Wildman–Crippen MR) is 96.4 cm³/mol. The van der Waals surface area contributed by atoms with Gasteiger partial charge in [0.2, 0.25) is 0 Å². The molecular weight excluding hydrogens is 326 g/mol. The van der Waals surface area contributed by atoms with Gasteiger partial charge in [-0.2, -0.15) is 5.10 Å². The van der Waals surface area contributed by atoms with Crippen LogP contribution in [-0.2, 0) is 19.5 Å². The van der Waals surface area contributed by atoms with E-state index in [4.69, 9.17) is 0 Å². The average molecular weight is 350 g/mol. The van der Waals surface area contributed by atoms with Crippen LogP contribution in [0.3, 0.4) is 0 Å². The summed E-state index contributed by atoms with van der Waals surface area (Å²) in [5.74, 6) is -0.0979. The Labute approximate surface area is 148 Å². The molecule has 0 fully saturated rings. The van der Waals surface area contributed by atoms with Crippen LogP contribution < -0.4 is 10.6 Å². The Bertz CT molecular complexity index is 658. The predicted octanol–water partition coefficient (Wildman–Crippen LogP) is 1.34. The Morgan fingerprint density at radius 3 is 2.92 bits per heavy atom. The lowest BCUT2D eigenvalue weighted by atomic mass is 10.1. The zero-order valence-corrected chi connectivity index (χ0v) is 14.7. The number of halogens is 1. The molecule has 0 radical (unpaired) electrons. The minimum absolute atomic E-state index is 0. The molecular formula is C17H24ClN5O. The molecule has 1 aliphatic heterocycles. The van der Waals surface area contributed by atoms with Crippen molar-refractivity contribution in [3.8, 4) is 0 Å². The molecule has 2 heterocycles. The number of hydrogen-bond acceptors (Lipinski definition) is 4. The molecule has 130 valence electrons. The van der Waals surface area contributed by atoms with Crippen LogP contribution in [0.15, 0.2) is 30.3 Å². The quantitative estimate of drug-likeness (QED) is 0.736. The number of aromatic nitrogens is 2. The van der Waals surface area contributed by atoms with E-state index in [1.165, 1.54) is 5.56 Å². The van der Waals surface area contributed by atoms with Crippen LogP contribution in [0.4, 0.5) is 0 Å². The van der Waals surface area contributed by atoms with E-state index >= 15 is 0 Å². The Balaban J connectivity index is 0.00000208. The van der Waals surface area contributed by atoms with E-state index in [9.17, 15) is 4.79 Å². The van der Waals surface area contributed by atoms with Gasteiger partial charge in [0.25, 0.3) is 5.91 Å². The normalized spacial score (nSPS) is 13.2. The minimum atomic E-state index is -0.0979. The van der Waals surface area contributed by atoms with Crippen LogP contribution in [0.1, 0.15) is 27.3 Å². The standard InChI is InChI=1S/C17H23N5O.ClH/c1-22(12-13-5-3-2-4-6-13)10-9-19-17(23)16-14-11-18-8-7-15(14)20-21-16;/h2-6,18H,7-12H2,1H3,(H,19,23)(H,20,21);1H. The van der Waals surface area contributed by atoms with E-state index < -0.39 is 0 Å². The molecule has 6 nitrogen and oxygen atoms in total. The number of H-pyrrole nitrogens is 1. The number of nitrogens with zero attached hydrogens (tertiary/aromatic N) is 2. The first kappa shape index (κ1) is 18.4. The molecule has 3 N–H and O–H groups in total. The van der Waals surface area contributed by atoms with Gasteiger partial charge in [0.1, 0.15) is 0 Å². The van der Waals surface area contributed by atoms with Crippen molar-refractivity contribution in [2.75, 3.05) is 26.7 Å². The van der Waals surface area contributed by atoms with Crippen molar-refractivity contribution < 1.29 is 4.79 Å². The van der Waals surface area contributed by atoms with E-state index in [0.717, 1.165) is 37.3 Å². The highest BCUT2D eigenvalue weighted by Gasteiger charge is 2.21. The molecule has 1 aromatic heterocycles. The second-order valence-corrected chi connectivity index (χ2v) is 5.94. The molecule has 2 aromatic rings. The smallest absolute Gasteiger partial charge is 0.272 e. The van der Waals surface area contributed by atoms with Crippen molar-refractivity contribution in [1.82, 2.24) is 25.7 Å². The SMILES string of the molecule is CN(CCNC(=O)c1n[nH]c2c1CNCC2)Cc1ccccc1.Cl. The van der Waals surface area contributed by atoms with Crippen LogP contribution in [0.2, 0.25) is 0 Å². The summed E-state index contributed by atoms with van der Waals surface area (Å²) in [6.07, 6.45) is 0.898. The van der Waals surface area contributed by atoms with Crippen molar-refractivity contribution in [2.24, 2.45) is 0 Å². The fourth-order valence-corrected chi connectivity index (χ4v) is 2.83. The number of fused-ring (bicyclic) bond motifs is 1. The number of nitrogens with one attached hydrogen (secondary N) is 3. The molecule has 0 atom stereocenters. The third kappa shape index (κ3) is 4.56. The third-order valence-electron chi connectivity index (χ3n) is 4.10. The summed E-state index contributed by atoms with van der Waals surface area (Å²) in [5, 5.41) is 13.4. The molecule has 0 saturated heterocycles. The highest BCUT2D eigenvalue weighted by atomic mass is 35.5. The highest BCUT2D eigenvalue weighted by Crippen LogP contribution is 2.14. The molecule has 7 heteroatoms. The first-order valence-electron chi connectivity index (χ1n) is 8.01. The summed E-state index contributed by atoms with van der Waals surface area (Å²) in [4.78, 5) is 14.5. The Hall–Kier alpha value is -1.89. The number of carbonyl (C=O) groups is 1. The lowest BCUT2D eigenvalue weighted by molar-refractivity contribution is 0.0943. The van der Waals surface area contributed by atoms with Gasteiger partial charge in [-0.05, 0) is 12.6 Å². The molecule has 24 heavy (non-hydrogen) atoms. The molecule has 0 bridgehead atoms. The summed E-state index contributed by atoms with van der Waals surface area (Å²) < 4.78 is 0. The van der Waals surface area contributed by atoms with Crippen molar-refractivity contribution in [3.63, 3.8) is 0 Å². The number of rotatable bonds is 6. The second-order valence-electron chi connectivity index (χ2n) is 5.94. The third-order valence-corrected chi connectivity index (χ3v) is 4.10. The van der Waals surface area contributed by atoms with Gasteiger partial charge in [-0.1, -0.05) is 30.3 Å². The minimum Gasteiger partial charge on any atom is -0.349 e. The van der Waals surface area contributed by atoms with Crippen LogP contribution >= 0.6 is 12.4 Å². The zero-order chi connectivity index (χ0) is 16.1. The van der Waals surface area contributed by atoms with Crippen LogP contribution in [0.5, 0.6) is 0 Å². The van der Waals surface area contributed by atoms with E-state index in [-0.39, 0.29) is 18.3 Å². The molecule has 0 unspecified atom stereocenters. The summed E-state index contributed by atoms with van der Waals surface area (Å²) in [7, 11) is 2.06. The van der Waals surface area contributed by atoms with E-state index in [0.29, 0.717) is 18.8 Å². The lowest BCUT2D eigenvalue weighted by Gasteiger charge is -2.17. The van der Waals surface area contributed by atoms with Gasteiger partial charge in [-0.3, -0.25) is 9.89 Å². The number of amides is 1. The number of hydrogen-bond donors (Lipinski definition) is 3. The second kappa shape index (κ2) is 8.82. The van der Waals surface area contributed by atoms with E-state index in [2.05, 4.69) is 44.9 Å². The first-order chi connectivity index (χ1) is 11.2. The van der Waals surface area contributed by atoms with E-state index in [1.807, 2.05) is 18.2 Å². The summed E-state index contributed by atoms with van der Waals surface area (Å²) in [6, 6.07) is 10.3. The molecule has 0 saturated carbocycles. The van der Waals surface area contributed by atoms with Crippen molar-refractivity contribution in [2.45, 2.75) is 19.5 Å². The Morgan fingerprint density at radius 2 is 2.12 bits per heavy atom. The molecule has 1 aliphatic rings. The van der Waals surface area contributed by atoms with Crippen LogP contribution in [-0.4, -0.2) is 47.7 Å². The average Bonchev–Trinajstić information content (AvgIpc) is 3.00. The fraction of sp³-hybridized carbons (Fsp3) is 0.412. The Kier molecular flexibility index (Phi) is 6.78. The van der Waals surface area contributed by atoms with Gasteiger partial charge in [0.05, 0.1) is 0 Å². The highest BCUT2D eigenvalue weighted by molar-refractivity contribution is 5.94. The molecule has 0 spiro atoms. The number of likely N-dealkylation sites (N-methyl/N-ethyl adjacent to an activating group) is 1. The fourth-order valence-electron chi connectivity index (χ4n) is 2.83. The van der Waals surface area contributed by atoms with Gasteiger partial charge < -0.3 is 15.5 Å². The molecule has 0 aliphatic carbocycles. The van der Waals surface area contributed by atoms with Gasteiger partial charge in [-0.25, -0.2) is 0 Å². The van der Waals surface area contributed by atoms with Gasteiger partial charge >= 0.3 is 0 Å². The summed E-state index contributed by atoms with van der Waals surface area (Å²) in [6.45, 7) is 3.92. The van der Waals surface area contributed by atoms with Crippen molar-refractivity contribution in [3.05, 3.63) is 52.8 Å². The first-order valence-corrected chi connectivity index (χ1v) is 8.01. The molecule has 3 rings (SSSR count). The lowest BCUT2D eigenvalue weighted by Crippen LogP contribution is -2.34. The van der Waals surface area contributed by atoms with Gasteiger partial charge in [0.15, 0.2) is 5.69 Å². The van der Waals surface area contributed by atoms with Crippen molar-refractivity contribution >= 4 is 18.3 Å². The zero-order valence-electron chi connectivity index (χ0n) is 13.8. The number of aromatic amines is 1.